The standard InChI is InChI=1S/C25H37N3O5/c1-7-17(8-2)15-28-20(24-21(32-5)10-9-11-22(24)33-6)14-19(27-28)25(31)26-18(12-16(3)4)13-23(29)30/h9-11,14,16-18H,7-8,12-13,15H2,1-6H3,(H,26,31)(H,29,30)/t18-/m0/s1. The van der Waals surface area contributed by atoms with Crippen LogP contribution in [0.2, 0.25) is 0 Å². The van der Waals surface area contributed by atoms with Crippen LogP contribution < -0.4 is 14.8 Å². The van der Waals surface area contributed by atoms with Crippen molar-refractivity contribution in [2.75, 3.05) is 14.2 Å². The number of carboxylic acids is 1. The lowest BCUT2D eigenvalue weighted by Gasteiger charge is -2.18. The Kier molecular flexibility index (Phi) is 9.75. The van der Waals surface area contributed by atoms with Gasteiger partial charge < -0.3 is 19.9 Å². The van der Waals surface area contributed by atoms with Crippen LogP contribution in [0, 0.1) is 11.8 Å². The van der Waals surface area contributed by atoms with E-state index < -0.39 is 12.0 Å². The Morgan fingerprint density at radius 3 is 2.21 bits per heavy atom. The number of hydrogen-bond acceptors (Lipinski definition) is 5. The largest absolute Gasteiger partial charge is 0.496 e. The van der Waals surface area contributed by atoms with Gasteiger partial charge in [-0.15, -0.1) is 0 Å². The summed E-state index contributed by atoms with van der Waals surface area (Å²) in [7, 11) is 3.19. The third-order valence-corrected chi connectivity index (χ3v) is 5.79. The predicted molar refractivity (Wildman–Crippen MR) is 128 cm³/mol. The lowest BCUT2D eigenvalue weighted by molar-refractivity contribution is -0.137. The Labute approximate surface area is 196 Å². The number of amides is 1. The van der Waals surface area contributed by atoms with Crippen molar-refractivity contribution in [3.8, 4) is 22.8 Å². The fraction of sp³-hybridized carbons (Fsp3) is 0.560. The Hall–Kier alpha value is -3.03. The highest BCUT2D eigenvalue weighted by atomic mass is 16.5. The quantitative estimate of drug-likeness (QED) is 0.453. The molecule has 0 bridgehead atoms. The van der Waals surface area contributed by atoms with E-state index in [1.807, 2.05) is 36.7 Å². The van der Waals surface area contributed by atoms with Crippen LogP contribution in [-0.2, 0) is 11.3 Å². The molecule has 1 aromatic heterocycles. The molecule has 0 aliphatic rings. The van der Waals surface area contributed by atoms with Gasteiger partial charge >= 0.3 is 5.97 Å². The number of nitrogens with zero attached hydrogens (tertiary/aromatic N) is 2. The molecule has 8 nitrogen and oxygen atoms in total. The highest BCUT2D eigenvalue weighted by molar-refractivity contribution is 5.94. The molecule has 2 aromatic rings. The van der Waals surface area contributed by atoms with Crippen LogP contribution >= 0.6 is 0 Å². The van der Waals surface area contributed by atoms with Crippen LogP contribution in [0.5, 0.6) is 11.5 Å². The van der Waals surface area contributed by atoms with Crippen molar-refractivity contribution in [1.29, 1.82) is 0 Å². The molecular formula is C25H37N3O5. The van der Waals surface area contributed by atoms with Crippen molar-refractivity contribution >= 4 is 11.9 Å². The number of rotatable bonds is 13. The summed E-state index contributed by atoms with van der Waals surface area (Å²) in [5.74, 6) is 0.544. The second-order valence-corrected chi connectivity index (χ2v) is 8.71. The van der Waals surface area contributed by atoms with Gasteiger partial charge in [0, 0.05) is 12.6 Å². The van der Waals surface area contributed by atoms with E-state index >= 15 is 0 Å². The predicted octanol–water partition coefficient (Wildman–Crippen LogP) is 4.62. The molecule has 0 saturated carbocycles. The van der Waals surface area contributed by atoms with Crippen LogP contribution in [0.4, 0.5) is 0 Å². The maximum atomic E-state index is 13.1. The van der Waals surface area contributed by atoms with Gasteiger partial charge in [0.2, 0.25) is 0 Å². The summed E-state index contributed by atoms with van der Waals surface area (Å²) in [5.41, 5.74) is 1.69. The van der Waals surface area contributed by atoms with Crippen molar-refractivity contribution in [3.63, 3.8) is 0 Å². The Morgan fingerprint density at radius 2 is 1.73 bits per heavy atom. The second-order valence-electron chi connectivity index (χ2n) is 8.71. The molecule has 182 valence electrons. The molecule has 1 heterocycles. The van der Waals surface area contributed by atoms with E-state index in [1.165, 1.54) is 0 Å². The molecule has 0 aliphatic carbocycles. The van der Waals surface area contributed by atoms with E-state index in [0.29, 0.717) is 30.4 Å². The minimum atomic E-state index is -0.945. The SMILES string of the molecule is CCC(CC)Cn1nc(C(=O)N[C@H](CC(=O)O)CC(C)C)cc1-c1c(OC)cccc1OC. The van der Waals surface area contributed by atoms with Crippen LogP contribution in [0.15, 0.2) is 24.3 Å². The fourth-order valence-electron chi connectivity index (χ4n) is 4.00. The number of aromatic nitrogens is 2. The molecule has 8 heteroatoms. The number of carbonyl (C=O) groups is 2. The van der Waals surface area contributed by atoms with Gasteiger partial charge in [-0.2, -0.15) is 5.10 Å². The zero-order chi connectivity index (χ0) is 24.5. The van der Waals surface area contributed by atoms with E-state index in [2.05, 4.69) is 24.3 Å². The molecule has 0 aliphatic heterocycles. The van der Waals surface area contributed by atoms with Gasteiger partial charge in [0.05, 0.1) is 31.9 Å². The molecule has 2 rings (SSSR count). The van der Waals surface area contributed by atoms with Gasteiger partial charge in [-0.1, -0.05) is 46.6 Å². The summed E-state index contributed by atoms with van der Waals surface area (Å²) in [6, 6.07) is 6.79. The Bertz CT molecular complexity index is 912. The first-order valence-corrected chi connectivity index (χ1v) is 11.6. The van der Waals surface area contributed by atoms with Crippen LogP contribution in [-0.4, -0.2) is 47.0 Å². The molecule has 0 unspecified atom stereocenters. The van der Waals surface area contributed by atoms with Crippen LogP contribution in [0.1, 0.15) is 63.9 Å². The number of carbonyl (C=O) groups excluding carboxylic acids is 1. The molecule has 1 amide bonds. The number of nitrogens with one attached hydrogen (secondary N) is 1. The van der Waals surface area contributed by atoms with Gasteiger partial charge in [-0.05, 0) is 36.5 Å². The zero-order valence-electron chi connectivity index (χ0n) is 20.6. The van der Waals surface area contributed by atoms with Crippen molar-refractivity contribution in [1.82, 2.24) is 15.1 Å². The molecular weight excluding hydrogens is 422 g/mol. The fourth-order valence-corrected chi connectivity index (χ4v) is 4.00. The third-order valence-electron chi connectivity index (χ3n) is 5.79. The van der Waals surface area contributed by atoms with Crippen LogP contribution in [0.3, 0.4) is 0 Å². The summed E-state index contributed by atoms with van der Waals surface area (Å²) in [6.07, 6.45) is 2.40. The number of carboxylic acid groups (broad SMARTS) is 1. The monoisotopic (exact) mass is 459 g/mol. The lowest BCUT2D eigenvalue weighted by atomic mass is 10.0. The van der Waals surface area contributed by atoms with Crippen molar-refractivity contribution in [3.05, 3.63) is 30.0 Å². The van der Waals surface area contributed by atoms with Gasteiger partial charge in [0.1, 0.15) is 11.5 Å². The highest BCUT2D eigenvalue weighted by Gasteiger charge is 2.24. The maximum Gasteiger partial charge on any atom is 0.305 e. The molecule has 0 spiro atoms. The number of ether oxygens (including phenoxy) is 2. The Morgan fingerprint density at radius 1 is 1.12 bits per heavy atom. The van der Waals surface area contributed by atoms with Gasteiger partial charge in [0.25, 0.3) is 5.91 Å². The second kappa shape index (κ2) is 12.3. The van der Waals surface area contributed by atoms with Gasteiger partial charge in [-0.25, -0.2) is 0 Å². The summed E-state index contributed by atoms with van der Waals surface area (Å²) in [5, 5.41) is 16.7. The molecule has 1 aromatic carbocycles. The molecule has 2 N–H and O–H groups in total. The average molecular weight is 460 g/mol. The highest BCUT2D eigenvalue weighted by Crippen LogP contribution is 2.39. The summed E-state index contributed by atoms with van der Waals surface area (Å²) in [4.78, 5) is 24.4. The summed E-state index contributed by atoms with van der Waals surface area (Å²) >= 11 is 0. The number of methoxy groups -OCH3 is 2. The minimum absolute atomic E-state index is 0.133. The number of benzene rings is 1. The lowest BCUT2D eigenvalue weighted by Crippen LogP contribution is -2.37. The Balaban J connectivity index is 2.51. The van der Waals surface area contributed by atoms with Crippen LogP contribution in [0.25, 0.3) is 11.3 Å². The number of hydrogen-bond donors (Lipinski definition) is 2. The van der Waals surface area contributed by atoms with Gasteiger partial charge in [0.15, 0.2) is 5.69 Å². The summed E-state index contributed by atoms with van der Waals surface area (Å²) < 4.78 is 13.0. The van der Waals surface area contributed by atoms with E-state index in [0.717, 1.165) is 24.1 Å². The minimum Gasteiger partial charge on any atom is -0.496 e. The van der Waals surface area contributed by atoms with Crippen molar-refractivity contribution < 1.29 is 24.2 Å². The van der Waals surface area contributed by atoms with E-state index in [4.69, 9.17) is 9.47 Å². The normalized spacial score (nSPS) is 12.1. The van der Waals surface area contributed by atoms with E-state index in [9.17, 15) is 14.7 Å². The molecule has 0 radical (unpaired) electrons. The zero-order valence-corrected chi connectivity index (χ0v) is 20.6. The maximum absolute atomic E-state index is 13.1. The van der Waals surface area contributed by atoms with Crippen molar-refractivity contribution in [2.45, 2.75) is 66.0 Å². The average Bonchev–Trinajstić information content (AvgIpc) is 3.19. The number of aliphatic carboxylic acids is 1. The molecule has 33 heavy (non-hydrogen) atoms. The topological polar surface area (TPSA) is 103 Å². The third kappa shape index (κ3) is 6.97. The molecule has 1 atom stereocenters. The van der Waals surface area contributed by atoms with Gasteiger partial charge in [-0.3, -0.25) is 14.3 Å². The van der Waals surface area contributed by atoms with E-state index in [1.54, 1.807) is 20.3 Å². The first kappa shape index (κ1) is 26.2. The first-order chi connectivity index (χ1) is 15.7. The van der Waals surface area contributed by atoms with E-state index in [-0.39, 0.29) is 23.9 Å². The smallest absolute Gasteiger partial charge is 0.305 e. The molecule has 0 saturated heterocycles. The summed E-state index contributed by atoms with van der Waals surface area (Å²) in [6.45, 7) is 8.91. The van der Waals surface area contributed by atoms with Crippen molar-refractivity contribution in [2.24, 2.45) is 11.8 Å². The molecule has 0 fully saturated rings. The first-order valence-electron chi connectivity index (χ1n) is 11.6.